The maximum Gasteiger partial charge on any atom is 0.407 e. The fraction of sp³-hybridized carbons (Fsp3) is 0.538. The number of aromatic nitrogens is 4. The Bertz CT molecular complexity index is 1170. The minimum absolute atomic E-state index is 0.212. The molecule has 36 heavy (non-hydrogen) atoms. The van der Waals surface area contributed by atoms with Gasteiger partial charge < -0.3 is 24.8 Å². The first-order chi connectivity index (χ1) is 17.6. The Kier molecular flexibility index (Phi) is 7.33. The second-order valence-electron chi connectivity index (χ2n) is 9.89. The molecule has 3 aromatic rings. The number of carbonyl (C=O) groups is 1. The second-order valence-corrected chi connectivity index (χ2v) is 9.89. The van der Waals surface area contributed by atoms with E-state index in [0.29, 0.717) is 56.1 Å². The number of hydrogen-bond donors (Lipinski definition) is 2. The van der Waals surface area contributed by atoms with E-state index in [1.165, 1.54) is 0 Å². The molecule has 2 aliphatic rings. The molecule has 3 heterocycles. The van der Waals surface area contributed by atoms with Crippen molar-refractivity contribution in [2.24, 2.45) is 5.92 Å². The van der Waals surface area contributed by atoms with E-state index in [1.54, 1.807) is 4.52 Å². The summed E-state index contributed by atoms with van der Waals surface area (Å²) in [5.74, 6) is 1.75. The Balaban J connectivity index is 1.37. The van der Waals surface area contributed by atoms with E-state index in [2.05, 4.69) is 22.2 Å². The first-order valence-corrected chi connectivity index (χ1v) is 12.7. The largest absolute Gasteiger partial charge is 0.449 e. The fourth-order valence-corrected chi connectivity index (χ4v) is 5.05. The fourth-order valence-electron chi connectivity index (χ4n) is 5.05. The van der Waals surface area contributed by atoms with Crippen molar-refractivity contribution in [1.29, 1.82) is 0 Å². The lowest BCUT2D eigenvalue weighted by Gasteiger charge is -2.37. The molecule has 0 radical (unpaired) electrons. The predicted octanol–water partition coefficient (Wildman–Crippen LogP) is 2.83. The van der Waals surface area contributed by atoms with E-state index >= 15 is 0 Å². The quantitative estimate of drug-likeness (QED) is 0.515. The Labute approximate surface area is 210 Å². The van der Waals surface area contributed by atoms with Crippen LogP contribution in [0.2, 0.25) is 0 Å². The maximum absolute atomic E-state index is 12.5. The first-order valence-electron chi connectivity index (χ1n) is 12.7. The van der Waals surface area contributed by atoms with Crippen LogP contribution in [-0.4, -0.2) is 63.7 Å². The van der Waals surface area contributed by atoms with Gasteiger partial charge in [-0.1, -0.05) is 37.3 Å². The number of fused-ring (bicyclic) bond motifs is 1. The van der Waals surface area contributed by atoms with Gasteiger partial charge in [0.15, 0.2) is 5.82 Å². The zero-order chi connectivity index (χ0) is 25.0. The molecule has 0 atom stereocenters. The monoisotopic (exact) mass is 494 g/mol. The van der Waals surface area contributed by atoms with Gasteiger partial charge in [0.1, 0.15) is 12.3 Å². The molecule has 1 aliphatic carbocycles. The number of anilines is 1. The number of hydrogen-bond acceptors (Lipinski definition) is 8. The van der Waals surface area contributed by atoms with Crippen LogP contribution in [0.5, 0.6) is 0 Å². The van der Waals surface area contributed by atoms with Gasteiger partial charge >= 0.3 is 6.09 Å². The summed E-state index contributed by atoms with van der Waals surface area (Å²) >= 11 is 0. The van der Waals surface area contributed by atoms with Gasteiger partial charge in [-0.05, 0) is 37.2 Å². The number of imidazole rings is 1. The minimum Gasteiger partial charge on any atom is -0.449 e. The molecule has 192 valence electrons. The zero-order valence-corrected chi connectivity index (χ0v) is 20.7. The van der Waals surface area contributed by atoms with Gasteiger partial charge in [0.2, 0.25) is 0 Å². The van der Waals surface area contributed by atoms with Crippen molar-refractivity contribution in [2.45, 2.75) is 51.2 Å². The lowest BCUT2D eigenvalue weighted by Crippen LogP contribution is -2.39. The third-order valence-corrected chi connectivity index (χ3v) is 7.36. The lowest BCUT2D eigenvalue weighted by molar-refractivity contribution is 0.0889. The number of aliphatic hydroxyl groups is 1. The highest BCUT2D eigenvalue weighted by Crippen LogP contribution is 2.41. The molecule has 0 unspecified atom stereocenters. The average molecular weight is 495 g/mol. The molecule has 2 fully saturated rings. The van der Waals surface area contributed by atoms with Gasteiger partial charge in [-0.25, -0.2) is 14.3 Å². The summed E-state index contributed by atoms with van der Waals surface area (Å²) in [6.45, 7) is 5.32. The summed E-state index contributed by atoms with van der Waals surface area (Å²) in [7, 11) is 0. The Morgan fingerprint density at radius 1 is 1.19 bits per heavy atom. The minimum atomic E-state index is -0.436. The number of nitrogens with zero attached hydrogens (tertiary/aromatic N) is 5. The van der Waals surface area contributed by atoms with E-state index in [4.69, 9.17) is 19.4 Å². The third-order valence-electron chi connectivity index (χ3n) is 7.36. The van der Waals surface area contributed by atoms with Crippen molar-refractivity contribution in [3.05, 3.63) is 53.5 Å². The van der Waals surface area contributed by atoms with Crippen LogP contribution in [-0.2, 0) is 28.0 Å². The molecule has 0 bridgehead atoms. The predicted molar refractivity (Wildman–Crippen MR) is 134 cm³/mol. The number of morpholine rings is 1. The van der Waals surface area contributed by atoms with E-state index in [1.807, 2.05) is 36.5 Å². The summed E-state index contributed by atoms with van der Waals surface area (Å²) in [6, 6.07) is 9.76. The van der Waals surface area contributed by atoms with Crippen molar-refractivity contribution in [3.63, 3.8) is 0 Å². The molecule has 1 amide bonds. The number of ether oxygens (including phenoxy) is 2. The molecule has 1 aromatic carbocycles. The van der Waals surface area contributed by atoms with Crippen molar-refractivity contribution >= 4 is 17.7 Å². The number of carbonyl (C=O) groups excluding carboxylic acids is 1. The smallest absolute Gasteiger partial charge is 0.407 e. The van der Waals surface area contributed by atoms with Crippen LogP contribution in [0.25, 0.3) is 5.78 Å². The molecule has 5 rings (SSSR count). The van der Waals surface area contributed by atoms with Crippen molar-refractivity contribution < 1.29 is 19.4 Å². The van der Waals surface area contributed by atoms with Crippen molar-refractivity contribution in [1.82, 2.24) is 24.9 Å². The average Bonchev–Trinajstić information content (AvgIpc) is 3.36. The normalized spacial score (nSPS) is 22.5. The molecule has 10 nitrogen and oxygen atoms in total. The maximum atomic E-state index is 12.5. The van der Waals surface area contributed by atoms with E-state index in [9.17, 15) is 9.90 Å². The van der Waals surface area contributed by atoms with Crippen LogP contribution in [0.3, 0.4) is 0 Å². The molecule has 1 aliphatic heterocycles. The number of nitrogens with one attached hydrogen (secondary N) is 1. The zero-order valence-electron chi connectivity index (χ0n) is 20.7. The number of amides is 1. The van der Waals surface area contributed by atoms with Crippen molar-refractivity contribution in [2.75, 3.05) is 37.8 Å². The summed E-state index contributed by atoms with van der Waals surface area (Å²) in [4.78, 5) is 24.3. The van der Waals surface area contributed by atoms with Gasteiger partial charge in [0, 0.05) is 25.0 Å². The molecule has 2 aromatic heterocycles. The summed E-state index contributed by atoms with van der Waals surface area (Å²) in [5.41, 5.74) is 1.96. The number of benzene rings is 1. The highest BCUT2D eigenvalue weighted by atomic mass is 16.5. The molecule has 1 saturated heterocycles. The van der Waals surface area contributed by atoms with Crippen LogP contribution in [0, 0.1) is 5.92 Å². The topological polar surface area (TPSA) is 114 Å². The second kappa shape index (κ2) is 10.8. The Hall–Kier alpha value is -3.24. The van der Waals surface area contributed by atoms with E-state index in [0.717, 1.165) is 36.9 Å². The molecule has 1 saturated carbocycles. The Morgan fingerprint density at radius 2 is 1.94 bits per heavy atom. The Morgan fingerprint density at radius 3 is 2.67 bits per heavy atom. The van der Waals surface area contributed by atoms with Gasteiger partial charge in [0.05, 0.1) is 31.7 Å². The van der Waals surface area contributed by atoms with Crippen molar-refractivity contribution in [3.8, 4) is 0 Å². The van der Waals surface area contributed by atoms with Gasteiger partial charge in [-0.2, -0.15) is 10.1 Å². The van der Waals surface area contributed by atoms with Gasteiger partial charge in [0.25, 0.3) is 5.78 Å². The first kappa shape index (κ1) is 24.5. The summed E-state index contributed by atoms with van der Waals surface area (Å²) in [5, 5.41) is 17.4. The summed E-state index contributed by atoms with van der Waals surface area (Å²) in [6.07, 6.45) is 5.25. The molecule has 2 N–H and O–H groups in total. The van der Waals surface area contributed by atoms with Gasteiger partial charge in [-0.15, -0.1) is 0 Å². The van der Waals surface area contributed by atoms with Crippen LogP contribution in [0.4, 0.5) is 10.6 Å². The van der Waals surface area contributed by atoms with Crippen LogP contribution in [0.1, 0.15) is 49.6 Å². The standard InChI is InChI=1S/C26H34N6O4/c1-19-7-9-26(10-8-19,18-36-25(34)27-15-20-5-3-2-4-6-20)22-16-32-24(28-22)29-23(21(17-33)30-32)31-11-13-35-14-12-31/h2-6,16,19,33H,7-15,17-18H2,1H3,(H,27,34). The van der Waals surface area contributed by atoms with Crippen LogP contribution >= 0.6 is 0 Å². The highest BCUT2D eigenvalue weighted by Gasteiger charge is 2.40. The van der Waals surface area contributed by atoms with E-state index < -0.39 is 11.5 Å². The van der Waals surface area contributed by atoms with Crippen LogP contribution in [0.15, 0.2) is 36.5 Å². The molecule has 10 heteroatoms. The third kappa shape index (κ3) is 5.29. The molecular formula is C26H34N6O4. The number of rotatable bonds is 7. The highest BCUT2D eigenvalue weighted by molar-refractivity contribution is 5.67. The van der Waals surface area contributed by atoms with Crippen LogP contribution < -0.4 is 10.2 Å². The number of aliphatic hydroxyl groups excluding tert-OH is 1. The summed E-state index contributed by atoms with van der Waals surface area (Å²) < 4.78 is 12.8. The SMILES string of the molecule is CC1CCC(COC(=O)NCc2ccccc2)(c2cn3nc(CO)c(N4CCOCC4)nc3n2)CC1. The number of alkyl carbamates (subject to hydrolysis) is 1. The van der Waals surface area contributed by atoms with E-state index in [-0.39, 0.29) is 13.2 Å². The van der Waals surface area contributed by atoms with Gasteiger partial charge in [-0.3, -0.25) is 0 Å². The molecular weight excluding hydrogens is 460 g/mol. The molecule has 0 spiro atoms. The lowest BCUT2D eigenvalue weighted by atomic mass is 9.69.